The Morgan fingerprint density at radius 3 is 2.19 bits per heavy atom. The van der Waals surface area contributed by atoms with Crippen molar-refractivity contribution < 1.29 is 13.2 Å². The smallest absolute Gasteiger partial charge is 0.390 e. The zero-order chi connectivity index (χ0) is 23.1. The zero-order valence-electron chi connectivity index (χ0n) is 17.8. The van der Waals surface area contributed by atoms with Crippen LogP contribution < -0.4 is 10.6 Å². The normalized spacial score (nSPS) is 13.4. The molecule has 0 heterocycles. The van der Waals surface area contributed by atoms with Crippen molar-refractivity contribution in [1.82, 2.24) is 10.6 Å². The number of likely N-dealkylation sites (N-methyl/N-ethyl adjacent to an activating group) is 1. The van der Waals surface area contributed by atoms with Crippen molar-refractivity contribution in [3.63, 3.8) is 0 Å². The van der Waals surface area contributed by atoms with Crippen LogP contribution in [0.2, 0.25) is 5.02 Å². The summed E-state index contributed by atoms with van der Waals surface area (Å²) in [6.45, 7) is 4.16. The number of alkyl halides is 3. The van der Waals surface area contributed by atoms with Gasteiger partial charge in [0.2, 0.25) is 0 Å². The SMILES string of the molecule is C=C(NC)[C@H](N[C@@H](CCc1ccc(C(F)(F)F)cc1)c1cccc(Cl)c1)c1ccccc1. The van der Waals surface area contributed by atoms with E-state index in [0.29, 0.717) is 17.9 Å². The highest BCUT2D eigenvalue weighted by atomic mass is 35.5. The van der Waals surface area contributed by atoms with E-state index in [1.807, 2.05) is 61.6 Å². The van der Waals surface area contributed by atoms with Gasteiger partial charge in [0.1, 0.15) is 0 Å². The molecule has 2 nitrogen and oxygen atoms in total. The third kappa shape index (κ3) is 6.38. The number of halogens is 4. The molecule has 0 aromatic heterocycles. The summed E-state index contributed by atoms with van der Waals surface area (Å²) in [5, 5.41) is 7.44. The van der Waals surface area contributed by atoms with Gasteiger partial charge in [-0.25, -0.2) is 0 Å². The highest BCUT2D eigenvalue weighted by Gasteiger charge is 2.30. The van der Waals surface area contributed by atoms with Gasteiger partial charge in [-0.15, -0.1) is 0 Å². The maximum absolute atomic E-state index is 12.9. The number of hydrogen-bond acceptors (Lipinski definition) is 2. The van der Waals surface area contributed by atoms with Gasteiger partial charge in [0.05, 0.1) is 11.6 Å². The van der Waals surface area contributed by atoms with Crippen molar-refractivity contribution in [3.05, 3.63) is 118 Å². The van der Waals surface area contributed by atoms with Gasteiger partial charge in [-0.1, -0.05) is 72.8 Å². The van der Waals surface area contributed by atoms with Crippen LogP contribution in [-0.4, -0.2) is 7.05 Å². The molecule has 3 aromatic carbocycles. The molecule has 3 aromatic rings. The molecule has 0 bridgehead atoms. The van der Waals surface area contributed by atoms with Crippen molar-refractivity contribution in [2.75, 3.05) is 7.05 Å². The first kappa shape index (κ1) is 23.9. The maximum Gasteiger partial charge on any atom is 0.416 e. The second-order valence-corrected chi connectivity index (χ2v) is 8.06. The maximum atomic E-state index is 12.9. The van der Waals surface area contributed by atoms with Gasteiger partial charge < -0.3 is 5.32 Å². The van der Waals surface area contributed by atoms with Crippen LogP contribution in [0.1, 0.15) is 40.8 Å². The van der Waals surface area contributed by atoms with Crippen LogP contribution in [-0.2, 0) is 12.6 Å². The lowest BCUT2D eigenvalue weighted by Gasteiger charge is -2.28. The Hall–Kier alpha value is -2.76. The van der Waals surface area contributed by atoms with Gasteiger partial charge in [-0.3, -0.25) is 5.32 Å². The van der Waals surface area contributed by atoms with Gasteiger partial charge >= 0.3 is 6.18 Å². The van der Waals surface area contributed by atoms with Gasteiger partial charge in [0, 0.05) is 23.8 Å². The average molecular weight is 459 g/mol. The predicted octanol–water partition coefficient (Wildman–Crippen LogP) is 7.10. The molecule has 0 saturated heterocycles. The van der Waals surface area contributed by atoms with Gasteiger partial charge in [0.25, 0.3) is 0 Å². The monoisotopic (exact) mass is 458 g/mol. The van der Waals surface area contributed by atoms with Crippen LogP contribution in [0.3, 0.4) is 0 Å². The van der Waals surface area contributed by atoms with E-state index in [9.17, 15) is 13.2 Å². The molecule has 0 saturated carbocycles. The molecule has 6 heteroatoms. The van der Waals surface area contributed by atoms with Crippen LogP contribution in [0.25, 0.3) is 0 Å². The molecule has 2 N–H and O–H groups in total. The van der Waals surface area contributed by atoms with Crippen LogP contribution in [0.15, 0.2) is 91.1 Å². The minimum atomic E-state index is -4.33. The number of aryl methyl sites for hydroxylation is 1. The van der Waals surface area contributed by atoms with E-state index in [0.717, 1.165) is 34.5 Å². The fourth-order valence-corrected chi connectivity index (χ4v) is 3.83. The van der Waals surface area contributed by atoms with E-state index in [1.165, 1.54) is 0 Å². The quantitative estimate of drug-likeness (QED) is 0.357. The number of nitrogens with one attached hydrogen (secondary N) is 2. The average Bonchev–Trinajstić information content (AvgIpc) is 2.79. The zero-order valence-corrected chi connectivity index (χ0v) is 18.5. The molecular weight excluding hydrogens is 433 g/mol. The first-order valence-corrected chi connectivity index (χ1v) is 10.7. The molecular formula is C26H26ClF3N2. The van der Waals surface area contributed by atoms with E-state index in [-0.39, 0.29) is 12.1 Å². The molecule has 32 heavy (non-hydrogen) atoms. The molecule has 0 spiro atoms. The molecule has 0 amide bonds. The molecule has 0 aliphatic carbocycles. The Morgan fingerprint density at radius 1 is 0.938 bits per heavy atom. The first-order valence-electron chi connectivity index (χ1n) is 10.4. The Bertz CT molecular complexity index is 1020. The first-order chi connectivity index (χ1) is 15.3. The highest BCUT2D eigenvalue weighted by Crippen LogP contribution is 2.31. The summed E-state index contributed by atoms with van der Waals surface area (Å²) >= 11 is 6.25. The highest BCUT2D eigenvalue weighted by molar-refractivity contribution is 6.30. The van der Waals surface area contributed by atoms with Crippen LogP contribution >= 0.6 is 11.6 Å². The second-order valence-electron chi connectivity index (χ2n) is 7.63. The van der Waals surface area contributed by atoms with E-state index < -0.39 is 11.7 Å². The van der Waals surface area contributed by atoms with Crippen LogP contribution in [0.5, 0.6) is 0 Å². The predicted molar refractivity (Wildman–Crippen MR) is 124 cm³/mol. The second kappa shape index (κ2) is 10.7. The van der Waals surface area contributed by atoms with Crippen LogP contribution in [0.4, 0.5) is 13.2 Å². The minimum Gasteiger partial charge on any atom is -0.390 e. The molecule has 0 aliphatic rings. The lowest BCUT2D eigenvalue weighted by molar-refractivity contribution is -0.137. The Kier molecular flexibility index (Phi) is 7.99. The van der Waals surface area contributed by atoms with Crippen molar-refractivity contribution >= 4 is 11.6 Å². The molecule has 3 rings (SSSR count). The minimum absolute atomic E-state index is 0.0914. The summed E-state index contributed by atoms with van der Waals surface area (Å²) in [7, 11) is 1.83. The summed E-state index contributed by atoms with van der Waals surface area (Å²) in [5.74, 6) is 0. The van der Waals surface area contributed by atoms with Crippen molar-refractivity contribution in [2.24, 2.45) is 0 Å². The third-order valence-electron chi connectivity index (χ3n) is 5.42. The van der Waals surface area contributed by atoms with Gasteiger partial charge in [-0.05, 0) is 53.8 Å². The fourth-order valence-electron chi connectivity index (χ4n) is 3.63. The third-order valence-corrected chi connectivity index (χ3v) is 5.66. The summed E-state index contributed by atoms with van der Waals surface area (Å²) in [4.78, 5) is 0. The van der Waals surface area contributed by atoms with Crippen molar-refractivity contribution in [3.8, 4) is 0 Å². The van der Waals surface area contributed by atoms with E-state index in [2.05, 4.69) is 17.2 Å². The lowest BCUT2D eigenvalue weighted by Crippen LogP contribution is -2.31. The number of benzene rings is 3. The molecule has 168 valence electrons. The summed E-state index contributed by atoms with van der Waals surface area (Å²) in [6, 6.07) is 22.7. The van der Waals surface area contributed by atoms with Gasteiger partial charge in [0.15, 0.2) is 0 Å². The Balaban J connectivity index is 1.84. The topological polar surface area (TPSA) is 24.1 Å². The standard InChI is InChI=1S/C26H26ClF3N2/c1-18(31-2)25(20-7-4-3-5-8-20)32-24(21-9-6-10-23(27)17-21)16-13-19-11-14-22(15-12-19)26(28,29)30/h3-12,14-15,17,24-25,31-32H,1,13,16H2,2H3/t24-,25-/m0/s1. The van der Waals surface area contributed by atoms with Gasteiger partial charge in [-0.2, -0.15) is 13.2 Å². The van der Waals surface area contributed by atoms with E-state index >= 15 is 0 Å². The largest absolute Gasteiger partial charge is 0.416 e. The molecule has 0 aliphatic heterocycles. The molecule has 0 radical (unpaired) electrons. The number of hydrogen-bond donors (Lipinski definition) is 2. The van der Waals surface area contributed by atoms with Crippen molar-refractivity contribution in [1.29, 1.82) is 0 Å². The molecule has 2 atom stereocenters. The summed E-state index contributed by atoms with van der Waals surface area (Å²) < 4.78 is 38.6. The Labute approximate surface area is 192 Å². The summed E-state index contributed by atoms with van der Waals surface area (Å²) in [5.41, 5.74) is 3.09. The number of rotatable bonds is 9. The van der Waals surface area contributed by atoms with E-state index in [1.54, 1.807) is 12.1 Å². The summed E-state index contributed by atoms with van der Waals surface area (Å²) in [6.07, 6.45) is -3.05. The fraction of sp³-hybridized carbons (Fsp3) is 0.231. The van der Waals surface area contributed by atoms with Crippen molar-refractivity contribution in [2.45, 2.75) is 31.1 Å². The van der Waals surface area contributed by atoms with Crippen LogP contribution in [0, 0.1) is 0 Å². The Morgan fingerprint density at radius 2 is 1.59 bits per heavy atom. The molecule has 0 fully saturated rings. The lowest BCUT2D eigenvalue weighted by atomic mass is 9.95. The molecule has 0 unspecified atom stereocenters. The van der Waals surface area contributed by atoms with E-state index in [4.69, 9.17) is 11.6 Å².